The van der Waals surface area contributed by atoms with Crippen molar-refractivity contribution in [3.05, 3.63) is 53.3 Å². The molecule has 6 nitrogen and oxygen atoms in total. The van der Waals surface area contributed by atoms with Gasteiger partial charge in [-0.3, -0.25) is 4.99 Å². The monoisotopic (exact) mass is 370 g/mol. The molecule has 0 radical (unpaired) electrons. The van der Waals surface area contributed by atoms with Crippen molar-refractivity contribution in [2.45, 2.75) is 18.3 Å². The van der Waals surface area contributed by atoms with Gasteiger partial charge in [0.25, 0.3) is 0 Å². The quantitative estimate of drug-likeness (QED) is 0.660. The summed E-state index contributed by atoms with van der Waals surface area (Å²) in [5.74, 6) is 1.40. The molecule has 0 amide bonds. The van der Waals surface area contributed by atoms with E-state index in [0.717, 1.165) is 50.0 Å². The molecule has 2 heterocycles. The zero-order valence-corrected chi connectivity index (χ0v) is 15.4. The van der Waals surface area contributed by atoms with Crippen molar-refractivity contribution in [3.63, 3.8) is 0 Å². The molecule has 2 aromatic rings. The van der Waals surface area contributed by atoms with Crippen molar-refractivity contribution in [1.29, 1.82) is 0 Å². The molecule has 1 aliphatic carbocycles. The van der Waals surface area contributed by atoms with E-state index in [-0.39, 0.29) is 5.41 Å². The van der Waals surface area contributed by atoms with Crippen LogP contribution in [0.4, 0.5) is 5.95 Å². The normalized spacial score (nSPS) is 19.5. The molecular weight excluding hydrogens is 348 g/mol. The molecule has 26 heavy (non-hydrogen) atoms. The Kier molecular flexibility index (Phi) is 4.68. The second-order valence-corrected chi connectivity index (χ2v) is 7.36. The van der Waals surface area contributed by atoms with Crippen LogP contribution < -0.4 is 10.6 Å². The fourth-order valence-corrected chi connectivity index (χ4v) is 3.81. The van der Waals surface area contributed by atoms with Crippen molar-refractivity contribution in [2.75, 3.05) is 37.6 Å². The van der Waals surface area contributed by atoms with Crippen LogP contribution in [-0.2, 0) is 5.41 Å². The molecule has 1 saturated heterocycles. The van der Waals surface area contributed by atoms with Crippen LogP contribution in [0.5, 0.6) is 0 Å². The highest BCUT2D eigenvalue weighted by Gasteiger charge is 2.45. The van der Waals surface area contributed by atoms with Crippen LogP contribution in [0.3, 0.4) is 0 Å². The van der Waals surface area contributed by atoms with Gasteiger partial charge in [-0.25, -0.2) is 9.97 Å². The SMILES string of the molecule is NC(=NCC1(c2ccccc2Cl)CC1)N1CCN(c2ncccn2)CC1. The van der Waals surface area contributed by atoms with E-state index in [1.165, 1.54) is 5.56 Å². The number of nitrogens with zero attached hydrogens (tertiary/aromatic N) is 5. The van der Waals surface area contributed by atoms with Gasteiger partial charge in [-0.2, -0.15) is 0 Å². The first-order valence-electron chi connectivity index (χ1n) is 9.00. The highest BCUT2D eigenvalue weighted by molar-refractivity contribution is 6.31. The van der Waals surface area contributed by atoms with Gasteiger partial charge in [0.15, 0.2) is 5.96 Å². The summed E-state index contributed by atoms with van der Waals surface area (Å²) >= 11 is 6.38. The van der Waals surface area contributed by atoms with E-state index in [0.29, 0.717) is 12.5 Å². The van der Waals surface area contributed by atoms with E-state index < -0.39 is 0 Å². The number of hydrogen-bond donors (Lipinski definition) is 1. The van der Waals surface area contributed by atoms with Gasteiger partial charge in [-0.15, -0.1) is 0 Å². The van der Waals surface area contributed by atoms with Gasteiger partial charge in [-0.1, -0.05) is 29.8 Å². The Morgan fingerprint density at radius 1 is 1.08 bits per heavy atom. The number of aromatic nitrogens is 2. The van der Waals surface area contributed by atoms with Crippen molar-refractivity contribution in [2.24, 2.45) is 10.7 Å². The van der Waals surface area contributed by atoms with E-state index in [4.69, 9.17) is 22.3 Å². The van der Waals surface area contributed by atoms with Crippen LogP contribution in [0.2, 0.25) is 5.02 Å². The zero-order valence-electron chi connectivity index (χ0n) is 14.7. The lowest BCUT2D eigenvalue weighted by Crippen LogP contribution is -2.51. The largest absolute Gasteiger partial charge is 0.370 e. The Morgan fingerprint density at radius 2 is 1.77 bits per heavy atom. The Labute approximate surface area is 158 Å². The molecule has 0 unspecified atom stereocenters. The Morgan fingerprint density at radius 3 is 2.42 bits per heavy atom. The maximum atomic E-state index is 6.38. The highest BCUT2D eigenvalue weighted by atomic mass is 35.5. The van der Waals surface area contributed by atoms with Gasteiger partial charge < -0.3 is 15.5 Å². The van der Waals surface area contributed by atoms with E-state index in [1.807, 2.05) is 24.3 Å². The summed E-state index contributed by atoms with van der Waals surface area (Å²) in [6, 6.07) is 9.90. The molecule has 0 bridgehead atoms. The summed E-state index contributed by atoms with van der Waals surface area (Å²) in [5, 5.41) is 0.829. The van der Waals surface area contributed by atoms with Gasteiger partial charge in [-0.05, 0) is 30.5 Å². The van der Waals surface area contributed by atoms with Crippen LogP contribution in [0.1, 0.15) is 18.4 Å². The summed E-state index contributed by atoms with van der Waals surface area (Å²) in [5.41, 5.74) is 7.55. The number of benzene rings is 1. The smallest absolute Gasteiger partial charge is 0.225 e. The summed E-state index contributed by atoms with van der Waals surface area (Å²) in [6.45, 7) is 4.04. The Bertz CT molecular complexity index is 782. The Hall–Kier alpha value is -2.34. The topological polar surface area (TPSA) is 70.6 Å². The van der Waals surface area contributed by atoms with Gasteiger partial charge in [0.05, 0.1) is 6.54 Å². The molecule has 2 fully saturated rings. The molecular formula is C19H23ClN6. The second kappa shape index (κ2) is 7.11. The predicted molar refractivity (Wildman–Crippen MR) is 105 cm³/mol. The van der Waals surface area contributed by atoms with Crippen LogP contribution >= 0.6 is 11.6 Å². The van der Waals surface area contributed by atoms with Crippen molar-refractivity contribution in [1.82, 2.24) is 14.9 Å². The number of rotatable bonds is 4. The number of anilines is 1. The number of guanidine groups is 1. The number of aliphatic imine (C=N–C) groups is 1. The fraction of sp³-hybridized carbons (Fsp3) is 0.421. The number of nitrogens with two attached hydrogens (primary N) is 1. The van der Waals surface area contributed by atoms with Gasteiger partial charge in [0, 0.05) is 49.0 Å². The maximum absolute atomic E-state index is 6.38. The molecule has 1 aliphatic heterocycles. The molecule has 1 aromatic heterocycles. The molecule has 1 saturated carbocycles. The second-order valence-electron chi connectivity index (χ2n) is 6.96. The van der Waals surface area contributed by atoms with E-state index in [9.17, 15) is 0 Å². The van der Waals surface area contributed by atoms with Crippen LogP contribution in [0.25, 0.3) is 0 Å². The first kappa shape index (κ1) is 17.1. The predicted octanol–water partition coefficient (Wildman–Crippen LogP) is 2.30. The van der Waals surface area contributed by atoms with E-state index >= 15 is 0 Å². The lowest BCUT2D eigenvalue weighted by atomic mass is 9.96. The van der Waals surface area contributed by atoms with Crippen LogP contribution in [0, 0.1) is 0 Å². The number of piperazine rings is 1. The lowest BCUT2D eigenvalue weighted by Gasteiger charge is -2.35. The molecule has 4 rings (SSSR count). The van der Waals surface area contributed by atoms with Crippen LogP contribution in [0.15, 0.2) is 47.7 Å². The summed E-state index contributed by atoms with van der Waals surface area (Å²) in [4.78, 5) is 17.7. The van der Waals surface area contributed by atoms with Crippen molar-refractivity contribution < 1.29 is 0 Å². The molecule has 136 valence electrons. The molecule has 7 heteroatoms. The maximum Gasteiger partial charge on any atom is 0.225 e. The molecule has 2 aliphatic rings. The highest BCUT2D eigenvalue weighted by Crippen LogP contribution is 2.50. The Balaban J connectivity index is 1.37. The van der Waals surface area contributed by atoms with E-state index in [1.54, 1.807) is 12.4 Å². The fourth-order valence-electron chi connectivity index (χ4n) is 3.48. The minimum absolute atomic E-state index is 0.0721. The number of halogens is 1. The number of hydrogen-bond acceptors (Lipinski definition) is 4. The minimum atomic E-state index is 0.0721. The summed E-state index contributed by atoms with van der Waals surface area (Å²) in [6.07, 6.45) is 5.78. The average Bonchev–Trinajstić information content (AvgIpc) is 3.48. The third-order valence-corrected chi connectivity index (χ3v) is 5.61. The molecule has 2 N–H and O–H groups in total. The van der Waals surface area contributed by atoms with Crippen LogP contribution in [-0.4, -0.2) is 53.6 Å². The van der Waals surface area contributed by atoms with Gasteiger partial charge >= 0.3 is 0 Å². The standard InChI is InChI=1S/C19H23ClN6/c20-16-5-2-1-4-15(16)19(6-7-19)14-24-17(21)25-10-12-26(13-11-25)18-22-8-3-9-23-18/h1-5,8-9H,6-7,10-14H2,(H2,21,24). The minimum Gasteiger partial charge on any atom is -0.370 e. The summed E-state index contributed by atoms with van der Waals surface area (Å²) < 4.78 is 0. The first-order chi connectivity index (χ1) is 12.7. The third kappa shape index (κ3) is 3.46. The van der Waals surface area contributed by atoms with Crippen molar-refractivity contribution >= 4 is 23.5 Å². The van der Waals surface area contributed by atoms with Gasteiger partial charge in [0.1, 0.15) is 0 Å². The molecule has 1 aromatic carbocycles. The molecule has 0 spiro atoms. The zero-order chi connectivity index (χ0) is 18.0. The van der Waals surface area contributed by atoms with E-state index in [2.05, 4.69) is 25.8 Å². The lowest BCUT2D eigenvalue weighted by molar-refractivity contribution is 0.377. The van der Waals surface area contributed by atoms with Crippen molar-refractivity contribution in [3.8, 4) is 0 Å². The molecule has 0 atom stereocenters. The average molecular weight is 371 g/mol. The van der Waals surface area contributed by atoms with Gasteiger partial charge in [0.2, 0.25) is 5.95 Å². The summed E-state index contributed by atoms with van der Waals surface area (Å²) in [7, 11) is 0. The third-order valence-electron chi connectivity index (χ3n) is 5.28. The first-order valence-corrected chi connectivity index (χ1v) is 9.38.